The van der Waals surface area contributed by atoms with Crippen molar-refractivity contribution in [3.8, 4) is 0 Å². The fourth-order valence-electron chi connectivity index (χ4n) is 1.83. The summed E-state index contributed by atoms with van der Waals surface area (Å²) < 4.78 is 21.7. The smallest absolute Gasteiger partial charge is 0.340 e. The maximum absolute atomic E-state index is 11.9. The van der Waals surface area contributed by atoms with Crippen molar-refractivity contribution in [1.82, 2.24) is 0 Å². The molecule has 3 unspecified atom stereocenters. The normalized spacial score (nSPS) is 15.1. The Labute approximate surface area is 132 Å². The summed E-state index contributed by atoms with van der Waals surface area (Å²) in [6.07, 6.45) is 0.471. The summed E-state index contributed by atoms with van der Waals surface area (Å²) in [4.78, 5) is 11.9. The van der Waals surface area contributed by atoms with Gasteiger partial charge in [0, 0.05) is 6.61 Å². The molecule has 0 aliphatic carbocycles. The van der Waals surface area contributed by atoms with Crippen molar-refractivity contribution >= 4 is 5.97 Å². The average Bonchev–Trinajstić information content (AvgIpc) is 2.47. The van der Waals surface area contributed by atoms with E-state index in [-0.39, 0.29) is 6.29 Å². The van der Waals surface area contributed by atoms with Gasteiger partial charge in [-0.3, -0.25) is 0 Å². The molecule has 0 aliphatic heterocycles. The molecular weight excluding hydrogens is 284 g/mol. The SMILES string of the molecule is CCCCOC(C)OC(C)OC(C)OC(=O)c1ccccc1. The molecule has 0 radical (unpaired) electrons. The summed E-state index contributed by atoms with van der Waals surface area (Å²) in [6.45, 7) is 7.97. The third kappa shape index (κ3) is 7.54. The summed E-state index contributed by atoms with van der Waals surface area (Å²) in [5.74, 6) is -0.424. The minimum absolute atomic E-state index is 0.362. The number of rotatable bonds is 10. The Morgan fingerprint density at radius 2 is 1.64 bits per heavy atom. The Kier molecular flexibility index (Phi) is 8.74. The average molecular weight is 310 g/mol. The van der Waals surface area contributed by atoms with Gasteiger partial charge in [-0.15, -0.1) is 0 Å². The fourth-order valence-corrected chi connectivity index (χ4v) is 1.83. The number of hydrogen-bond donors (Lipinski definition) is 0. The predicted octanol–water partition coefficient (Wildman–Crippen LogP) is 3.73. The standard InChI is InChI=1S/C17H26O5/c1-5-6-12-19-13(2)20-14(3)21-15(4)22-17(18)16-10-8-7-9-11-16/h7-11,13-15H,5-6,12H2,1-4H3. The van der Waals surface area contributed by atoms with E-state index in [4.69, 9.17) is 18.9 Å². The van der Waals surface area contributed by atoms with Crippen LogP contribution < -0.4 is 0 Å². The summed E-state index contributed by atoms with van der Waals surface area (Å²) in [6, 6.07) is 8.79. The molecule has 1 aromatic rings. The molecule has 0 amide bonds. The molecule has 1 aromatic carbocycles. The second kappa shape index (κ2) is 10.3. The first-order valence-corrected chi connectivity index (χ1v) is 7.71. The second-order valence-corrected chi connectivity index (χ2v) is 4.97. The molecule has 0 aromatic heterocycles. The first-order chi connectivity index (χ1) is 10.5. The number of carbonyl (C=O) groups is 1. The summed E-state index contributed by atoms with van der Waals surface area (Å²) in [7, 11) is 0. The largest absolute Gasteiger partial charge is 0.432 e. The van der Waals surface area contributed by atoms with E-state index >= 15 is 0 Å². The molecule has 0 fully saturated rings. The van der Waals surface area contributed by atoms with Crippen molar-refractivity contribution < 1.29 is 23.7 Å². The summed E-state index contributed by atoms with van der Waals surface area (Å²) in [5.41, 5.74) is 0.489. The highest BCUT2D eigenvalue weighted by molar-refractivity contribution is 5.89. The van der Waals surface area contributed by atoms with E-state index < -0.39 is 18.5 Å². The molecule has 1 rings (SSSR count). The van der Waals surface area contributed by atoms with Crippen LogP contribution in [0.4, 0.5) is 0 Å². The van der Waals surface area contributed by atoms with Gasteiger partial charge in [-0.1, -0.05) is 31.5 Å². The number of ether oxygens (including phenoxy) is 4. The van der Waals surface area contributed by atoms with Crippen LogP contribution in [0, 0.1) is 0 Å². The predicted molar refractivity (Wildman–Crippen MR) is 83.3 cm³/mol. The Morgan fingerprint density at radius 3 is 2.27 bits per heavy atom. The van der Waals surface area contributed by atoms with Gasteiger partial charge in [0.25, 0.3) is 0 Å². The van der Waals surface area contributed by atoms with Crippen LogP contribution in [-0.4, -0.2) is 31.4 Å². The number of benzene rings is 1. The lowest BCUT2D eigenvalue weighted by Crippen LogP contribution is -2.28. The minimum Gasteiger partial charge on any atom is -0.432 e. The van der Waals surface area contributed by atoms with Gasteiger partial charge < -0.3 is 18.9 Å². The van der Waals surface area contributed by atoms with E-state index in [1.165, 1.54) is 0 Å². The van der Waals surface area contributed by atoms with Crippen molar-refractivity contribution in [3.05, 3.63) is 35.9 Å². The van der Waals surface area contributed by atoms with Gasteiger partial charge in [-0.2, -0.15) is 0 Å². The number of unbranched alkanes of at least 4 members (excludes halogenated alkanes) is 1. The second-order valence-electron chi connectivity index (χ2n) is 4.97. The van der Waals surface area contributed by atoms with E-state index in [0.717, 1.165) is 12.8 Å². The van der Waals surface area contributed by atoms with Crippen molar-refractivity contribution in [3.63, 3.8) is 0 Å². The van der Waals surface area contributed by atoms with Crippen LogP contribution in [0.1, 0.15) is 50.9 Å². The molecule has 0 aliphatic rings. The van der Waals surface area contributed by atoms with Crippen LogP contribution in [-0.2, 0) is 18.9 Å². The summed E-state index contributed by atoms with van der Waals surface area (Å²) in [5, 5.41) is 0. The van der Waals surface area contributed by atoms with Crippen LogP contribution in [0.3, 0.4) is 0 Å². The van der Waals surface area contributed by atoms with Gasteiger partial charge >= 0.3 is 5.97 Å². The maximum atomic E-state index is 11.9. The quantitative estimate of drug-likeness (QED) is 0.374. The van der Waals surface area contributed by atoms with E-state index in [1.54, 1.807) is 38.1 Å². The molecule has 22 heavy (non-hydrogen) atoms. The van der Waals surface area contributed by atoms with Crippen LogP contribution in [0.25, 0.3) is 0 Å². The highest BCUT2D eigenvalue weighted by Gasteiger charge is 2.16. The molecular formula is C17H26O5. The molecule has 124 valence electrons. The molecule has 0 N–H and O–H groups in total. The Hall–Kier alpha value is -1.43. The molecule has 0 spiro atoms. The van der Waals surface area contributed by atoms with Gasteiger partial charge in [-0.25, -0.2) is 4.79 Å². The number of esters is 1. The zero-order chi connectivity index (χ0) is 16.4. The fraction of sp³-hybridized carbons (Fsp3) is 0.588. The van der Waals surface area contributed by atoms with Gasteiger partial charge in [0.1, 0.15) is 0 Å². The molecule has 5 nitrogen and oxygen atoms in total. The van der Waals surface area contributed by atoms with E-state index in [1.807, 2.05) is 13.0 Å². The zero-order valence-electron chi connectivity index (χ0n) is 13.8. The lowest BCUT2D eigenvalue weighted by atomic mass is 10.2. The van der Waals surface area contributed by atoms with Gasteiger partial charge in [-0.05, 0) is 39.3 Å². The van der Waals surface area contributed by atoms with E-state index in [9.17, 15) is 4.79 Å². The Balaban J connectivity index is 2.28. The lowest BCUT2D eigenvalue weighted by molar-refractivity contribution is -0.269. The lowest BCUT2D eigenvalue weighted by Gasteiger charge is -2.23. The Morgan fingerprint density at radius 1 is 1.00 bits per heavy atom. The van der Waals surface area contributed by atoms with Crippen molar-refractivity contribution in [1.29, 1.82) is 0 Å². The highest BCUT2D eigenvalue weighted by Crippen LogP contribution is 2.09. The maximum Gasteiger partial charge on any atom is 0.340 e. The third-order valence-corrected chi connectivity index (χ3v) is 2.90. The first kappa shape index (κ1) is 18.6. The van der Waals surface area contributed by atoms with Crippen LogP contribution >= 0.6 is 0 Å². The molecule has 3 atom stereocenters. The number of hydrogen-bond acceptors (Lipinski definition) is 5. The van der Waals surface area contributed by atoms with Gasteiger partial charge in [0.05, 0.1) is 5.56 Å². The van der Waals surface area contributed by atoms with E-state index in [2.05, 4.69) is 6.92 Å². The first-order valence-electron chi connectivity index (χ1n) is 7.71. The van der Waals surface area contributed by atoms with Crippen LogP contribution in [0.2, 0.25) is 0 Å². The molecule has 0 heterocycles. The van der Waals surface area contributed by atoms with Crippen molar-refractivity contribution in [2.45, 2.75) is 59.4 Å². The molecule has 0 bridgehead atoms. The highest BCUT2D eigenvalue weighted by atomic mass is 16.8. The summed E-state index contributed by atoms with van der Waals surface area (Å²) >= 11 is 0. The van der Waals surface area contributed by atoms with Crippen LogP contribution in [0.5, 0.6) is 0 Å². The van der Waals surface area contributed by atoms with E-state index in [0.29, 0.717) is 12.2 Å². The van der Waals surface area contributed by atoms with Gasteiger partial charge in [0.15, 0.2) is 12.6 Å². The molecule has 5 heteroatoms. The van der Waals surface area contributed by atoms with Crippen molar-refractivity contribution in [2.75, 3.05) is 6.61 Å². The Bertz CT molecular complexity index is 420. The molecule has 0 saturated heterocycles. The minimum atomic E-state index is -0.703. The zero-order valence-corrected chi connectivity index (χ0v) is 13.8. The van der Waals surface area contributed by atoms with Crippen LogP contribution in [0.15, 0.2) is 30.3 Å². The van der Waals surface area contributed by atoms with Gasteiger partial charge in [0.2, 0.25) is 6.29 Å². The topological polar surface area (TPSA) is 54.0 Å². The molecule has 0 saturated carbocycles. The number of carbonyl (C=O) groups excluding carboxylic acids is 1. The third-order valence-electron chi connectivity index (χ3n) is 2.90. The monoisotopic (exact) mass is 310 g/mol. The van der Waals surface area contributed by atoms with Crippen molar-refractivity contribution in [2.24, 2.45) is 0 Å².